The summed E-state index contributed by atoms with van der Waals surface area (Å²) in [6, 6.07) is 0. The first-order chi connectivity index (χ1) is 10.1. The van der Waals surface area contributed by atoms with Gasteiger partial charge in [0.15, 0.2) is 5.16 Å². The molecule has 3 rings (SSSR count). The second-order valence-corrected chi connectivity index (χ2v) is 7.69. The molecular formula is C16H24N2O2S. The van der Waals surface area contributed by atoms with Gasteiger partial charge in [0, 0.05) is 18.4 Å². The Morgan fingerprint density at radius 2 is 2.00 bits per heavy atom. The predicted octanol–water partition coefficient (Wildman–Crippen LogP) is 3.62. The number of rotatable bonds is 8. The third-order valence-electron chi connectivity index (χ3n) is 4.61. The molecule has 0 amide bonds. The Labute approximate surface area is 130 Å². The molecule has 5 heteroatoms. The molecule has 4 nitrogen and oxygen atoms in total. The van der Waals surface area contributed by atoms with Crippen LogP contribution in [-0.4, -0.2) is 26.4 Å². The Balaban J connectivity index is 1.79. The van der Waals surface area contributed by atoms with Gasteiger partial charge in [-0.25, -0.2) is 4.98 Å². The van der Waals surface area contributed by atoms with Gasteiger partial charge >= 0.3 is 5.97 Å². The molecule has 1 heterocycles. The molecule has 2 fully saturated rings. The third kappa shape index (κ3) is 3.62. The lowest BCUT2D eigenvalue weighted by atomic mass is 9.97. The number of hydrogen-bond acceptors (Lipinski definition) is 3. The first-order valence-electron chi connectivity index (χ1n) is 7.96. The number of thioether (sulfide) groups is 1. The summed E-state index contributed by atoms with van der Waals surface area (Å²) in [5, 5.41) is 9.78. The maximum Gasteiger partial charge on any atom is 0.313 e. The molecule has 21 heavy (non-hydrogen) atoms. The Bertz CT molecular complexity index is 506. The van der Waals surface area contributed by atoms with E-state index < -0.39 is 5.97 Å². The molecular weight excluding hydrogens is 284 g/mol. The molecule has 2 aliphatic rings. The van der Waals surface area contributed by atoms with Crippen LogP contribution in [0.15, 0.2) is 11.4 Å². The normalized spacial score (nSPS) is 18.7. The highest BCUT2D eigenvalue weighted by molar-refractivity contribution is 7.99. The summed E-state index contributed by atoms with van der Waals surface area (Å²) in [7, 11) is 0. The Hall–Kier alpha value is -0.970. The largest absolute Gasteiger partial charge is 0.481 e. The highest BCUT2D eigenvalue weighted by Crippen LogP contribution is 2.50. The van der Waals surface area contributed by atoms with E-state index >= 15 is 0 Å². The van der Waals surface area contributed by atoms with Gasteiger partial charge in [0.25, 0.3) is 0 Å². The molecule has 1 aromatic heterocycles. The monoisotopic (exact) mass is 308 g/mol. The molecule has 0 aliphatic heterocycles. The van der Waals surface area contributed by atoms with E-state index in [2.05, 4.69) is 23.4 Å². The lowest BCUT2D eigenvalue weighted by Gasteiger charge is -2.21. The SMILES string of the molecule is CC(C)c1cnc(SCC(=O)O)n1CC(C1CC1)C1CC1. The molecule has 1 aromatic rings. The molecule has 0 radical (unpaired) electrons. The van der Waals surface area contributed by atoms with Crippen LogP contribution in [0.3, 0.4) is 0 Å². The van der Waals surface area contributed by atoms with E-state index in [1.54, 1.807) is 0 Å². The van der Waals surface area contributed by atoms with Crippen LogP contribution < -0.4 is 0 Å². The molecule has 1 N–H and O–H groups in total. The second kappa shape index (κ2) is 6.03. The van der Waals surface area contributed by atoms with Gasteiger partial charge in [-0.3, -0.25) is 4.79 Å². The van der Waals surface area contributed by atoms with Gasteiger partial charge in [-0.15, -0.1) is 0 Å². The summed E-state index contributed by atoms with van der Waals surface area (Å²) >= 11 is 1.35. The van der Waals surface area contributed by atoms with Crippen molar-refractivity contribution in [1.29, 1.82) is 0 Å². The van der Waals surface area contributed by atoms with Crippen molar-refractivity contribution in [2.45, 2.75) is 57.1 Å². The molecule has 0 unspecified atom stereocenters. The van der Waals surface area contributed by atoms with E-state index in [1.807, 2.05) is 6.20 Å². The first-order valence-corrected chi connectivity index (χ1v) is 8.94. The van der Waals surface area contributed by atoms with Crippen molar-refractivity contribution in [1.82, 2.24) is 9.55 Å². The average molecular weight is 308 g/mol. The van der Waals surface area contributed by atoms with Crippen LogP contribution >= 0.6 is 11.8 Å². The number of aromatic nitrogens is 2. The predicted molar refractivity (Wildman–Crippen MR) is 83.6 cm³/mol. The molecule has 0 saturated heterocycles. The lowest BCUT2D eigenvalue weighted by molar-refractivity contribution is -0.133. The van der Waals surface area contributed by atoms with E-state index in [9.17, 15) is 4.79 Å². The minimum absolute atomic E-state index is 0.0894. The molecule has 0 spiro atoms. The van der Waals surface area contributed by atoms with Gasteiger partial charge in [0.05, 0.1) is 5.75 Å². The zero-order valence-electron chi connectivity index (χ0n) is 12.8. The van der Waals surface area contributed by atoms with Crippen LogP contribution in [0.5, 0.6) is 0 Å². The second-order valence-electron chi connectivity index (χ2n) is 6.75. The summed E-state index contributed by atoms with van der Waals surface area (Å²) in [4.78, 5) is 15.3. The fourth-order valence-corrected chi connectivity index (χ4v) is 3.92. The van der Waals surface area contributed by atoms with E-state index in [1.165, 1.54) is 43.1 Å². The summed E-state index contributed by atoms with van der Waals surface area (Å²) in [6.07, 6.45) is 7.45. The molecule has 116 valence electrons. The van der Waals surface area contributed by atoms with E-state index in [0.717, 1.165) is 29.5 Å². The number of nitrogens with zero attached hydrogens (tertiary/aromatic N) is 2. The summed E-state index contributed by atoms with van der Waals surface area (Å²) in [5.74, 6) is 2.32. The fraction of sp³-hybridized carbons (Fsp3) is 0.750. The van der Waals surface area contributed by atoms with Gasteiger partial charge in [-0.1, -0.05) is 25.6 Å². The Morgan fingerprint density at radius 3 is 2.48 bits per heavy atom. The molecule has 0 atom stereocenters. The van der Waals surface area contributed by atoms with E-state index in [0.29, 0.717) is 5.92 Å². The summed E-state index contributed by atoms with van der Waals surface area (Å²) in [6.45, 7) is 5.40. The Morgan fingerprint density at radius 1 is 1.38 bits per heavy atom. The third-order valence-corrected chi connectivity index (χ3v) is 5.59. The van der Waals surface area contributed by atoms with Gasteiger partial charge < -0.3 is 9.67 Å². The number of hydrogen-bond donors (Lipinski definition) is 1. The fourth-order valence-electron chi connectivity index (χ4n) is 3.20. The van der Waals surface area contributed by atoms with Crippen molar-refractivity contribution in [2.24, 2.45) is 17.8 Å². The van der Waals surface area contributed by atoms with E-state index in [-0.39, 0.29) is 5.75 Å². The smallest absolute Gasteiger partial charge is 0.313 e. The summed E-state index contributed by atoms with van der Waals surface area (Å²) in [5.41, 5.74) is 1.24. The molecule has 0 bridgehead atoms. The van der Waals surface area contributed by atoms with Crippen LogP contribution in [0.25, 0.3) is 0 Å². The van der Waals surface area contributed by atoms with Crippen LogP contribution in [0.4, 0.5) is 0 Å². The lowest BCUT2D eigenvalue weighted by Crippen LogP contribution is -2.18. The quantitative estimate of drug-likeness (QED) is 0.745. The standard InChI is InChI=1S/C16H24N2O2S/c1-10(2)14-7-17-16(21-9-15(19)20)18(14)8-13(11-3-4-11)12-5-6-12/h7,10-13H,3-6,8-9H2,1-2H3,(H,19,20). The van der Waals surface area contributed by atoms with Crippen molar-refractivity contribution in [3.8, 4) is 0 Å². The maximum absolute atomic E-state index is 10.8. The van der Waals surface area contributed by atoms with Gasteiger partial charge in [0.2, 0.25) is 0 Å². The van der Waals surface area contributed by atoms with Gasteiger partial charge in [-0.05, 0) is 49.4 Å². The van der Waals surface area contributed by atoms with Crippen LogP contribution in [-0.2, 0) is 11.3 Å². The highest BCUT2D eigenvalue weighted by atomic mass is 32.2. The number of carboxylic acids is 1. The zero-order valence-corrected chi connectivity index (χ0v) is 13.6. The van der Waals surface area contributed by atoms with Crippen molar-refractivity contribution in [2.75, 3.05) is 5.75 Å². The number of imidazole rings is 1. The molecule has 0 aromatic carbocycles. The van der Waals surface area contributed by atoms with Crippen molar-refractivity contribution >= 4 is 17.7 Å². The minimum atomic E-state index is -0.776. The Kier molecular flexibility index (Phi) is 4.29. The summed E-state index contributed by atoms with van der Waals surface area (Å²) < 4.78 is 2.31. The molecule has 2 aliphatic carbocycles. The maximum atomic E-state index is 10.8. The van der Waals surface area contributed by atoms with Crippen LogP contribution in [0, 0.1) is 17.8 Å². The topological polar surface area (TPSA) is 55.1 Å². The minimum Gasteiger partial charge on any atom is -0.481 e. The van der Waals surface area contributed by atoms with Gasteiger partial charge in [-0.2, -0.15) is 0 Å². The average Bonchev–Trinajstić information content (AvgIpc) is 3.32. The number of carbonyl (C=O) groups is 1. The van der Waals surface area contributed by atoms with Gasteiger partial charge in [0.1, 0.15) is 0 Å². The number of aliphatic carboxylic acids is 1. The van der Waals surface area contributed by atoms with Crippen LogP contribution in [0.2, 0.25) is 0 Å². The van der Waals surface area contributed by atoms with E-state index in [4.69, 9.17) is 5.11 Å². The molecule has 2 saturated carbocycles. The van der Waals surface area contributed by atoms with Crippen molar-refractivity contribution in [3.63, 3.8) is 0 Å². The highest BCUT2D eigenvalue weighted by Gasteiger charge is 2.41. The van der Waals surface area contributed by atoms with Crippen molar-refractivity contribution < 1.29 is 9.90 Å². The number of carboxylic acid groups (broad SMARTS) is 1. The first kappa shape index (κ1) is 14.9. The van der Waals surface area contributed by atoms with Crippen LogP contribution in [0.1, 0.15) is 51.1 Å². The van der Waals surface area contributed by atoms with Crippen molar-refractivity contribution in [3.05, 3.63) is 11.9 Å². The zero-order chi connectivity index (χ0) is 15.0.